The molecular weight excluding hydrogens is 365 g/mol. The minimum atomic E-state index is -0.313. The summed E-state index contributed by atoms with van der Waals surface area (Å²) >= 11 is 10.9. The zero-order chi connectivity index (χ0) is 14.3. The minimum Gasteiger partial charge on any atom is -0.320 e. The van der Waals surface area contributed by atoms with E-state index in [1.54, 1.807) is 23.6 Å². The molecule has 0 N–H and O–H groups in total. The number of imidazole rings is 1. The topological polar surface area (TPSA) is 30.7 Å². The molecule has 0 spiro atoms. The summed E-state index contributed by atoms with van der Waals surface area (Å²) in [7, 11) is 0. The van der Waals surface area contributed by atoms with E-state index in [9.17, 15) is 4.39 Å². The molecule has 0 saturated heterocycles. The minimum absolute atomic E-state index is 0.260. The molecule has 1 aromatic carbocycles. The molecule has 0 fully saturated rings. The zero-order valence-electron chi connectivity index (χ0n) is 10.5. The van der Waals surface area contributed by atoms with Crippen molar-refractivity contribution in [1.82, 2.24) is 14.5 Å². The van der Waals surface area contributed by atoms with E-state index in [1.165, 1.54) is 6.07 Å². The van der Waals surface area contributed by atoms with Gasteiger partial charge in [-0.3, -0.25) is 0 Å². The van der Waals surface area contributed by atoms with Gasteiger partial charge in [0.05, 0.1) is 27.4 Å². The summed E-state index contributed by atoms with van der Waals surface area (Å²) in [6, 6.07) is 3.15. The molecule has 2 heterocycles. The van der Waals surface area contributed by atoms with E-state index in [1.807, 2.05) is 16.9 Å². The van der Waals surface area contributed by atoms with Crippen LogP contribution in [-0.4, -0.2) is 14.5 Å². The lowest BCUT2D eigenvalue weighted by Gasteiger charge is -2.08. The number of hydrogen-bond donors (Lipinski definition) is 0. The van der Waals surface area contributed by atoms with Crippen LogP contribution in [0.4, 0.5) is 4.39 Å². The number of aromatic nitrogens is 3. The summed E-state index contributed by atoms with van der Waals surface area (Å²) in [5, 5.41) is 2.59. The smallest absolute Gasteiger partial charge is 0.139 e. The molecular formula is C13H10BrClFN3S. The van der Waals surface area contributed by atoms with Crippen LogP contribution in [0.2, 0.25) is 0 Å². The van der Waals surface area contributed by atoms with E-state index >= 15 is 0 Å². The molecule has 104 valence electrons. The summed E-state index contributed by atoms with van der Waals surface area (Å²) < 4.78 is 16.1. The van der Waals surface area contributed by atoms with Gasteiger partial charge in [-0.05, 0) is 28.9 Å². The lowest BCUT2D eigenvalue weighted by molar-refractivity contribution is 0.621. The van der Waals surface area contributed by atoms with Crippen molar-refractivity contribution >= 4 is 49.9 Å². The molecule has 0 aliphatic heterocycles. The maximum absolute atomic E-state index is 13.8. The van der Waals surface area contributed by atoms with E-state index in [0.29, 0.717) is 11.0 Å². The number of rotatable bonds is 3. The SMILES string of the molecule is CC(Cl)c1nc2cc(Br)c(F)cc2n1Cc1nccs1. The summed E-state index contributed by atoms with van der Waals surface area (Å²) in [6.07, 6.45) is 1.75. The van der Waals surface area contributed by atoms with E-state index in [-0.39, 0.29) is 11.2 Å². The average molecular weight is 375 g/mol. The standard InChI is InChI=1S/C13H10BrClFN3S/c1-7(15)13-18-10-4-8(14)9(16)5-11(10)19(13)6-12-17-2-3-20-12/h2-5,7H,6H2,1H3. The number of halogens is 3. The van der Waals surface area contributed by atoms with Crippen LogP contribution in [0.3, 0.4) is 0 Å². The second-order valence-corrected chi connectivity index (χ2v) is 6.84. The molecule has 0 aliphatic carbocycles. The predicted octanol–water partition coefficient (Wildman–Crippen LogP) is 4.74. The first-order valence-corrected chi connectivity index (χ1v) is 8.05. The first-order valence-electron chi connectivity index (χ1n) is 5.94. The highest BCUT2D eigenvalue weighted by molar-refractivity contribution is 9.10. The second-order valence-electron chi connectivity index (χ2n) is 4.35. The number of hydrogen-bond acceptors (Lipinski definition) is 3. The van der Waals surface area contributed by atoms with E-state index in [0.717, 1.165) is 21.9 Å². The molecule has 20 heavy (non-hydrogen) atoms. The van der Waals surface area contributed by atoms with Crippen molar-refractivity contribution in [2.45, 2.75) is 18.8 Å². The Bertz CT molecular complexity index is 755. The van der Waals surface area contributed by atoms with Crippen LogP contribution in [0.25, 0.3) is 11.0 Å². The molecule has 2 aromatic heterocycles. The highest BCUT2D eigenvalue weighted by Crippen LogP contribution is 2.29. The van der Waals surface area contributed by atoms with Crippen LogP contribution in [0.1, 0.15) is 23.1 Å². The molecule has 3 rings (SSSR count). The highest BCUT2D eigenvalue weighted by Gasteiger charge is 2.17. The van der Waals surface area contributed by atoms with Crippen LogP contribution in [-0.2, 0) is 6.54 Å². The third kappa shape index (κ3) is 2.47. The van der Waals surface area contributed by atoms with Gasteiger partial charge in [-0.2, -0.15) is 0 Å². The fourth-order valence-corrected chi connectivity index (χ4v) is 3.18. The van der Waals surface area contributed by atoms with Gasteiger partial charge in [-0.25, -0.2) is 14.4 Å². The lowest BCUT2D eigenvalue weighted by Crippen LogP contribution is -2.05. The van der Waals surface area contributed by atoms with Crippen LogP contribution in [0.5, 0.6) is 0 Å². The molecule has 0 radical (unpaired) electrons. The van der Waals surface area contributed by atoms with Crippen molar-refractivity contribution < 1.29 is 4.39 Å². The summed E-state index contributed by atoms with van der Waals surface area (Å²) in [5.74, 6) is 0.404. The quantitative estimate of drug-likeness (QED) is 0.620. The Labute approximate surface area is 132 Å². The van der Waals surface area contributed by atoms with Crippen LogP contribution in [0.15, 0.2) is 28.2 Å². The van der Waals surface area contributed by atoms with Gasteiger partial charge < -0.3 is 4.57 Å². The summed E-state index contributed by atoms with van der Waals surface area (Å²) in [6.45, 7) is 2.40. The Morgan fingerprint density at radius 3 is 2.95 bits per heavy atom. The van der Waals surface area contributed by atoms with Crippen LogP contribution >= 0.6 is 38.9 Å². The van der Waals surface area contributed by atoms with Crippen molar-refractivity contribution in [1.29, 1.82) is 0 Å². The largest absolute Gasteiger partial charge is 0.320 e. The third-order valence-electron chi connectivity index (χ3n) is 2.95. The molecule has 0 amide bonds. The van der Waals surface area contributed by atoms with Gasteiger partial charge in [0.2, 0.25) is 0 Å². The van der Waals surface area contributed by atoms with Crippen molar-refractivity contribution in [2.24, 2.45) is 0 Å². The fraction of sp³-hybridized carbons (Fsp3) is 0.231. The average Bonchev–Trinajstić information content (AvgIpc) is 3.00. The van der Waals surface area contributed by atoms with Gasteiger partial charge in [0.1, 0.15) is 16.6 Å². The van der Waals surface area contributed by atoms with Gasteiger partial charge in [0.25, 0.3) is 0 Å². The van der Waals surface area contributed by atoms with Gasteiger partial charge in [0, 0.05) is 17.6 Å². The number of benzene rings is 1. The number of alkyl halides is 1. The van der Waals surface area contributed by atoms with Gasteiger partial charge in [-0.1, -0.05) is 0 Å². The van der Waals surface area contributed by atoms with Crippen molar-refractivity contribution in [2.75, 3.05) is 0 Å². The Morgan fingerprint density at radius 1 is 1.50 bits per heavy atom. The molecule has 3 nitrogen and oxygen atoms in total. The molecule has 3 aromatic rings. The van der Waals surface area contributed by atoms with Crippen LogP contribution < -0.4 is 0 Å². The van der Waals surface area contributed by atoms with Gasteiger partial charge >= 0.3 is 0 Å². The van der Waals surface area contributed by atoms with Gasteiger partial charge in [-0.15, -0.1) is 22.9 Å². The van der Waals surface area contributed by atoms with Crippen LogP contribution in [0, 0.1) is 5.82 Å². The predicted molar refractivity (Wildman–Crippen MR) is 82.9 cm³/mol. The molecule has 7 heteroatoms. The zero-order valence-corrected chi connectivity index (χ0v) is 13.6. The second kappa shape index (κ2) is 5.42. The van der Waals surface area contributed by atoms with E-state index in [4.69, 9.17) is 11.6 Å². The maximum Gasteiger partial charge on any atom is 0.139 e. The van der Waals surface area contributed by atoms with Crippen molar-refractivity contribution in [3.63, 3.8) is 0 Å². The lowest BCUT2D eigenvalue weighted by atomic mass is 10.3. The Hall–Kier alpha value is -0.980. The maximum atomic E-state index is 13.8. The monoisotopic (exact) mass is 373 g/mol. The highest BCUT2D eigenvalue weighted by atomic mass is 79.9. The number of nitrogens with zero attached hydrogens (tertiary/aromatic N) is 3. The molecule has 1 atom stereocenters. The molecule has 0 aliphatic rings. The first-order chi connectivity index (χ1) is 9.56. The Morgan fingerprint density at radius 2 is 2.30 bits per heavy atom. The van der Waals surface area contributed by atoms with E-state index < -0.39 is 0 Å². The fourth-order valence-electron chi connectivity index (χ4n) is 2.07. The Balaban J connectivity index is 2.20. The van der Waals surface area contributed by atoms with Crippen molar-refractivity contribution in [3.05, 3.63) is 44.8 Å². The molecule has 0 bridgehead atoms. The van der Waals surface area contributed by atoms with Crippen molar-refractivity contribution in [3.8, 4) is 0 Å². The third-order valence-corrected chi connectivity index (χ3v) is 4.52. The molecule has 1 unspecified atom stereocenters. The number of fused-ring (bicyclic) bond motifs is 1. The first kappa shape index (κ1) is 14.0. The molecule has 0 saturated carbocycles. The summed E-state index contributed by atoms with van der Waals surface area (Å²) in [5.41, 5.74) is 1.45. The normalized spacial score (nSPS) is 13.0. The van der Waals surface area contributed by atoms with Gasteiger partial charge in [0.15, 0.2) is 0 Å². The van der Waals surface area contributed by atoms with E-state index in [2.05, 4.69) is 25.9 Å². The Kier molecular flexibility index (Phi) is 3.79. The summed E-state index contributed by atoms with van der Waals surface area (Å²) in [4.78, 5) is 8.77. The number of thiazole rings is 1.